The molecule has 0 aliphatic carbocycles. The third-order valence-corrected chi connectivity index (χ3v) is 9.50. The van der Waals surface area contributed by atoms with Gasteiger partial charge in [-0.15, -0.1) is 0 Å². The number of nitrogens with zero attached hydrogens (tertiary/aromatic N) is 4. The van der Waals surface area contributed by atoms with Gasteiger partial charge in [0.2, 0.25) is 10.0 Å². The molecule has 0 saturated carbocycles. The number of aryl methyl sites for hydroxylation is 1. The van der Waals surface area contributed by atoms with Gasteiger partial charge in [-0.05, 0) is 26.0 Å². The topological polar surface area (TPSA) is 122 Å². The SMILES string of the molecule is CC1CN(S(=O)(=O)N2CCN(S(=O)(=O)c3ccc4c(c3)oc(=O)n4C)CC2)CC(C)O1. The Balaban J connectivity index is 1.49. The predicted molar refractivity (Wildman–Crippen MR) is 112 cm³/mol. The Morgan fingerprint density at radius 2 is 1.48 bits per heavy atom. The summed E-state index contributed by atoms with van der Waals surface area (Å²) in [5.41, 5.74) is 0.680. The molecule has 2 saturated heterocycles. The van der Waals surface area contributed by atoms with Crippen LogP contribution in [0.15, 0.2) is 32.3 Å². The van der Waals surface area contributed by atoms with Gasteiger partial charge in [0.25, 0.3) is 10.2 Å². The average molecular weight is 475 g/mol. The zero-order valence-electron chi connectivity index (χ0n) is 17.6. The van der Waals surface area contributed by atoms with Gasteiger partial charge in [0.05, 0.1) is 22.6 Å². The second-order valence-corrected chi connectivity index (χ2v) is 11.8. The molecular formula is C18H26N4O7S2. The van der Waals surface area contributed by atoms with Gasteiger partial charge in [-0.25, -0.2) is 13.2 Å². The Bertz CT molecular complexity index is 1230. The van der Waals surface area contributed by atoms with Gasteiger partial charge in [0.15, 0.2) is 5.58 Å². The van der Waals surface area contributed by atoms with Crippen molar-refractivity contribution in [2.45, 2.75) is 31.0 Å². The molecule has 2 unspecified atom stereocenters. The fourth-order valence-corrected chi connectivity index (χ4v) is 7.23. The Kier molecular flexibility index (Phi) is 5.77. The minimum atomic E-state index is -3.86. The van der Waals surface area contributed by atoms with Crippen molar-refractivity contribution in [3.8, 4) is 0 Å². The molecule has 1 aromatic carbocycles. The maximum Gasteiger partial charge on any atom is 0.419 e. The van der Waals surface area contributed by atoms with Crippen LogP contribution in [0.1, 0.15) is 13.8 Å². The van der Waals surface area contributed by atoms with E-state index in [9.17, 15) is 21.6 Å². The summed E-state index contributed by atoms with van der Waals surface area (Å²) >= 11 is 0. The minimum absolute atomic E-state index is 0.00138. The standard InChI is InChI=1S/C18H26N4O7S2/c1-13-11-22(12-14(2)28-13)31(26,27)21-8-6-20(7-9-21)30(24,25)15-4-5-16-17(10-15)29-18(23)19(16)3/h4-5,10,13-14H,6-9,11-12H2,1-3H3. The van der Waals surface area contributed by atoms with Crippen LogP contribution in [-0.2, 0) is 32.0 Å². The maximum atomic E-state index is 13.1. The molecule has 0 amide bonds. The van der Waals surface area contributed by atoms with Crippen molar-refractivity contribution in [2.24, 2.45) is 7.05 Å². The molecule has 11 nitrogen and oxygen atoms in total. The number of aromatic nitrogens is 1. The molecule has 2 atom stereocenters. The summed E-state index contributed by atoms with van der Waals surface area (Å²) in [6.45, 7) is 4.39. The molecule has 172 valence electrons. The molecule has 0 N–H and O–H groups in total. The Morgan fingerprint density at radius 3 is 2.10 bits per heavy atom. The Labute approximate surface area is 181 Å². The van der Waals surface area contributed by atoms with E-state index in [0.717, 1.165) is 0 Å². The summed E-state index contributed by atoms with van der Waals surface area (Å²) in [6, 6.07) is 4.27. The Hall–Kier alpha value is -1.77. The van der Waals surface area contributed by atoms with Crippen LogP contribution in [0, 0.1) is 0 Å². The lowest BCUT2D eigenvalue weighted by molar-refractivity contribution is -0.0456. The predicted octanol–water partition coefficient (Wildman–Crippen LogP) is -0.208. The lowest BCUT2D eigenvalue weighted by Gasteiger charge is -2.39. The van der Waals surface area contributed by atoms with Crippen molar-refractivity contribution >= 4 is 31.3 Å². The summed E-state index contributed by atoms with van der Waals surface area (Å²) in [4.78, 5) is 11.7. The molecule has 31 heavy (non-hydrogen) atoms. The van der Waals surface area contributed by atoms with Crippen molar-refractivity contribution in [3.05, 3.63) is 28.7 Å². The fourth-order valence-electron chi connectivity index (χ4n) is 4.05. The van der Waals surface area contributed by atoms with Crippen molar-refractivity contribution < 1.29 is 26.0 Å². The summed E-state index contributed by atoms with van der Waals surface area (Å²) in [7, 11) is -6.02. The first-order valence-electron chi connectivity index (χ1n) is 10.0. The maximum absolute atomic E-state index is 13.1. The van der Waals surface area contributed by atoms with E-state index in [1.165, 1.54) is 42.7 Å². The van der Waals surface area contributed by atoms with E-state index in [2.05, 4.69) is 0 Å². The largest absolute Gasteiger partial charge is 0.419 e. The molecule has 0 bridgehead atoms. The highest BCUT2D eigenvalue weighted by atomic mass is 32.2. The molecule has 1 aromatic heterocycles. The number of fused-ring (bicyclic) bond motifs is 1. The van der Waals surface area contributed by atoms with E-state index in [1.807, 2.05) is 13.8 Å². The Morgan fingerprint density at radius 1 is 0.903 bits per heavy atom. The number of sulfonamides is 1. The highest BCUT2D eigenvalue weighted by molar-refractivity contribution is 7.89. The zero-order chi connectivity index (χ0) is 22.6. The number of ether oxygens (including phenoxy) is 1. The molecule has 2 fully saturated rings. The summed E-state index contributed by atoms with van der Waals surface area (Å²) in [5, 5.41) is 0. The molecule has 3 heterocycles. The number of morpholine rings is 1. The van der Waals surface area contributed by atoms with Crippen molar-refractivity contribution in [3.63, 3.8) is 0 Å². The van der Waals surface area contributed by atoms with Gasteiger partial charge in [0.1, 0.15) is 0 Å². The number of hydrogen-bond donors (Lipinski definition) is 0. The molecule has 4 rings (SSSR count). The molecule has 2 aromatic rings. The number of hydrogen-bond acceptors (Lipinski definition) is 7. The first-order chi connectivity index (χ1) is 14.5. The van der Waals surface area contributed by atoms with Gasteiger partial charge in [0, 0.05) is 52.4 Å². The number of rotatable bonds is 4. The van der Waals surface area contributed by atoms with Crippen LogP contribution >= 0.6 is 0 Å². The van der Waals surface area contributed by atoms with Gasteiger partial charge >= 0.3 is 5.76 Å². The van der Waals surface area contributed by atoms with Crippen LogP contribution in [0.5, 0.6) is 0 Å². The lowest BCUT2D eigenvalue weighted by Crippen LogP contribution is -2.57. The minimum Gasteiger partial charge on any atom is -0.408 e. The molecule has 2 aliphatic rings. The first kappa shape index (κ1) is 22.4. The van der Waals surface area contributed by atoms with E-state index < -0.39 is 26.0 Å². The third kappa shape index (κ3) is 4.05. The van der Waals surface area contributed by atoms with Gasteiger partial charge < -0.3 is 9.15 Å². The van der Waals surface area contributed by atoms with E-state index in [4.69, 9.17) is 9.15 Å². The average Bonchev–Trinajstić information content (AvgIpc) is 3.00. The molecule has 2 aliphatic heterocycles. The third-order valence-electron chi connectivity index (χ3n) is 5.64. The normalized spacial score (nSPS) is 25.3. The van der Waals surface area contributed by atoms with Crippen LogP contribution in [0.3, 0.4) is 0 Å². The smallest absolute Gasteiger partial charge is 0.408 e. The van der Waals surface area contributed by atoms with Gasteiger partial charge in [-0.3, -0.25) is 4.57 Å². The lowest BCUT2D eigenvalue weighted by atomic mass is 10.3. The van der Waals surface area contributed by atoms with Crippen LogP contribution in [0.4, 0.5) is 0 Å². The van der Waals surface area contributed by atoms with E-state index in [-0.39, 0.29) is 62.0 Å². The van der Waals surface area contributed by atoms with E-state index >= 15 is 0 Å². The number of benzene rings is 1. The highest BCUT2D eigenvalue weighted by Gasteiger charge is 2.38. The quantitative estimate of drug-likeness (QED) is 0.601. The number of piperazine rings is 1. The summed E-state index contributed by atoms with van der Waals surface area (Å²) in [5.74, 6) is -0.574. The monoisotopic (exact) mass is 474 g/mol. The molecule has 13 heteroatoms. The summed E-state index contributed by atoms with van der Waals surface area (Å²) < 4.78 is 68.2. The van der Waals surface area contributed by atoms with Crippen LogP contribution in [0.2, 0.25) is 0 Å². The molecular weight excluding hydrogens is 448 g/mol. The second kappa shape index (κ2) is 7.98. The van der Waals surface area contributed by atoms with Gasteiger partial charge in [-0.2, -0.15) is 21.3 Å². The first-order valence-corrected chi connectivity index (χ1v) is 12.8. The van der Waals surface area contributed by atoms with E-state index in [0.29, 0.717) is 5.52 Å². The van der Waals surface area contributed by atoms with Crippen molar-refractivity contribution in [1.82, 2.24) is 17.5 Å². The van der Waals surface area contributed by atoms with Crippen molar-refractivity contribution in [2.75, 3.05) is 39.3 Å². The second-order valence-electron chi connectivity index (χ2n) is 7.94. The summed E-state index contributed by atoms with van der Waals surface area (Å²) in [6.07, 6.45) is -0.402. The fraction of sp³-hybridized carbons (Fsp3) is 0.611. The molecule has 0 radical (unpaired) electrons. The molecule has 0 spiro atoms. The highest BCUT2D eigenvalue weighted by Crippen LogP contribution is 2.24. The number of oxazole rings is 1. The van der Waals surface area contributed by atoms with Gasteiger partial charge in [-0.1, -0.05) is 0 Å². The zero-order valence-corrected chi connectivity index (χ0v) is 19.2. The van der Waals surface area contributed by atoms with Crippen LogP contribution < -0.4 is 5.76 Å². The van der Waals surface area contributed by atoms with Crippen molar-refractivity contribution in [1.29, 1.82) is 0 Å². The van der Waals surface area contributed by atoms with Crippen LogP contribution in [0.25, 0.3) is 11.1 Å². The van der Waals surface area contributed by atoms with E-state index in [1.54, 1.807) is 0 Å². The van der Waals surface area contributed by atoms with Crippen LogP contribution in [-0.4, -0.2) is 85.8 Å².